The Balaban J connectivity index is 1.99. The number of hydrogen-bond acceptors (Lipinski definition) is 3. The fraction of sp³-hybridized carbons (Fsp3) is 0.176. The molecule has 120 valence electrons. The second kappa shape index (κ2) is 7.87. The summed E-state index contributed by atoms with van der Waals surface area (Å²) in [5, 5.41) is 3.77. The SMILES string of the molecule is CC(C)Oc1ccc(C(=O)N/N=C\c2cc(Br)ccc2F)cc1. The number of rotatable bonds is 5. The van der Waals surface area contributed by atoms with Crippen molar-refractivity contribution in [3.05, 3.63) is 63.9 Å². The zero-order chi connectivity index (χ0) is 16.8. The summed E-state index contributed by atoms with van der Waals surface area (Å²) in [5.41, 5.74) is 3.08. The van der Waals surface area contributed by atoms with Crippen LogP contribution in [0.3, 0.4) is 0 Å². The average Bonchev–Trinajstić information content (AvgIpc) is 2.50. The molecule has 0 spiro atoms. The minimum atomic E-state index is -0.415. The molecule has 0 fully saturated rings. The zero-order valence-corrected chi connectivity index (χ0v) is 14.3. The third kappa shape index (κ3) is 5.17. The number of carbonyl (C=O) groups excluding carboxylic acids is 1. The van der Waals surface area contributed by atoms with Crippen LogP contribution in [-0.4, -0.2) is 18.2 Å². The van der Waals surface area contributed by atoms with Gasteiger partial charge in [0.15, 0.2) is 0 Å². The molecule has 0 aliphatic carbocycles. The molecule has 0 saturated heterocycles. The Labute approximate surface area is 142 Å². The standard InChI is InChI=1S/C17H16BrFN2O2/c1-11(2)23-15-6-3-12(4-7-15)17(22)21-20-10-13-9-14(18)5-8-16(13)19/h3-11H,1-2H3,(H,21,22)/b20-10-. The van der Waals surface area contributed by atoms with Crippen LogP contribution in [0.25, 0.3) is 0 Å². The normalized spacial score (nSPS) is 11.0. The number of nitrogens with one attached hydrogen (secondary N) is 1. The van der Waals surface area contributed by atoms with Gasteiger partial charge in [-0.05, 0) is 56.3 Å². The first-order chi connectivity index (χ1) is 11.0. The van der Waals surface area contributed by atoms with E-state index in [0.29, 0.717) is 11.3 Å². The van der Waals surface area contributed by atoms with Crippen LogP contribution in [-0.2, 0) is 0 Å². The Morgan fingerprint density at radius 1 is 1.26 bits per heavy atom. The number of ether oxygens (including phenoxy) is 1. The largest absolute Gasteiger partial charge is 0.491 e. The molecule has 0 aromatic heterocycles. The van der Waals surface area contributed by atoms with E-state index in [1.54, 1.807) is 36.4 Å². The van der Waals surface area contributed by atoms with E-state index in [-0.39, 0.29) is 17.6 Å². The van der Waals surface area contributed by atoms with Crippen molar-refractivity contribution in [2.75, 3.05) is 0 Å². The minimum Gasteiger partial charge on any atom is -0.491 e. The van der Waals surface area contributed by atoms with Crippen LogP contribution < -0.4 is 10.2 Å². The van der Waals surface area contributed by atoms with Gasteiger partial charge in [0, 0.05) is 15.6 Å². The smallest absolute Gasteiger partial charge is 0.271 e. The van der Waals surface area contributed by atoms with Gasteiger partial charge in [0.1, 0.15) is 11.6 Å². The Morgan fingerprint density at radius 3 is 2.61 bits per heavy atom. The van der Waals surface area contributed by atoms with E-state index in [1.165, 1.54) is 12.3 Å². The quantitative estimate of drug-likeness (QED) is 0.627. The summed E-state index contributed by atoms with van der Waals surface area (Å²) < 4.78 is 19.8. The van der Waals surface area contributed by atoms with Gasteiger partial charge in [-0.2, -0.15) is 5.10 Å². The van der Waals surface area contributed by atoms with Gasteiger partial charge in [0.2, 0.25) is 0 Å². The third-order valence-electron chi connectivity index (χ3n) is 2.82. The molecule has 1 amide bonds. The van der Waals surface area contributed by atoms with Gasteiger partial charge in [-0.3, -0.25) is 4.79 Å². The molecule has 0 radical (unpaired) electrons. The van der Waals surface area contributed by atoms with Gasteiger partial charge in [-0.15, -0.1) is 0 Å². The highest BCUT2D eigenvalue weighted by Gasteiger charge is 2.05. The molecule has 23 heavy (non-hydrogen) atoms. The molecule has 6 heteroatoms. The first-order valence-electron chi connectivity index (χ1n) is 7.01. The number of carbonyl (C=O) groups is 1. The Morgan fingerprint density at radius 2 is 1.96 bits per heavy atom. The van der Waals surface area contributed by atoms with Gasteiger partial charge in [-0.1, -0.05) is 15.9 Å². The number of amides is 1. The molecule has 1 N–H and O–H groups in total. The molecule has 0 saturated carbocycles. The number of halogens is 2. The zero-order valence-electron chi connectivity index (χ0n) is 12.7. The predicted molar refractivity (Wildman–Crippen MR) is 91.4 cm³/mol. The Kier molecular flexibility index (Phi) is 5.87. The summed E-state index contributed by atoms with van der Waals surface area (Å²) in [5.74, 6) is -0.106. The number of benzene rings is 2. The maximum Gasteiger partial charge on any atom is 0.271 e. The van der Waals surface area contributed by atoms with E-state index in [1.807, 2.05) is 13.8 Å². The molecular weight excluding hydrogens is 363 g/mol. The van der Waals surface area contributed by atoms with Gasteiger partial charge >= 0.3 is 0 Å². The molecule has 2 aromatic rings. The van der Waals surface area contributed by atoms with Crippen molar-refractivity contribution < 1.29 is 13.9 Å². The molecule has 0 aliphatic rings. The van der Waals surface area contributed by atoms with Gasteiger partial charge in [0.05, 0.1) is 12.3 Å². The molecule has 0 atom stereocenters. The molecular formula is C17H16BrFN2O2. The van der Waals surface area contributed by atoms with E-state index in [2.05, 4.69) is 26.5 Å². The van der Waals surface area contributed by atoms with Crippen LogP contribution in [0.4, 0.5) is 4.39 Å². The minimum absolute atomic E-state index is 0.0689. The van der Waals surface area contributed by atoms with Crippen molar-refractivity contribution in [3.8, 4) is 5.75 Å². The molecule has 2 rings (SSSR count). The second-order valence-corrected chi connectivity index (χ2v) is 5.97. The van der Waals surface area contributed by atoms with Crippen molar-refractivity contribution in [1.82, 2.24) is 5.43 Å². The lowest BCUT2D eigenvalue weighted by Gasteiger charge is -2.09. The van der Waals surface area contributed by atoms with Gasteiger partial charge in [-0.25, -0.2) is 9.82 Å². The Hall–Kier alpha value is -2.21. The topological polar surface area (TPSA) is 50.7 Å². The lowest BCUT2D eigenvalue weighted by molar-refractivity contribution is 0.0955. The van der Waals surface area contributed by atoms with Crippen LogP contribution >= 0.6 is 15.9 Å². The van der Waals surface area contributed by atoms with Crippen LogP contribution in [0.5, 0.6) is 5.75 Å². The Bertz CT molecular complexity index is 715. The van der Waals surface area contributed by atoms with Crippen molar-refractivity contribution in [3.63, 3.8) is 0 Å². The second-order valence-electron chi connectivity index (χ2n) is 5.06. The van der Waals surface area contributed by atoms with Crippen molar-refractivity contribution in [1.29, 1.82) is 0 Å². The first kappa shape index (κ1) is 17.1. The van der Waals surface area contributed by atoms with Crippen LogP contribution in [0.2, 0.25) is 0 Å². The summed E-state index contributed by atoms with van der Waals surface area (Å²) in [7, 11) is 0. The highest BCUT2D eigenvalue weighted by Crippen LogP contribution is 2.15. The summed E-state index contributed by atoms with van der Waals surface area (Å²) in [6.07, 6.45) is 1.33. The van der Waals surface area contributed by atoms with Gasteiger partial charge in [0.25, 0.3) is 5.91 Å². The molecule has 0 heterocycles. The molecule has 2 aromatic carbocycles. The fourth-order valence-corrected chi connectivity index (χ4v) is 2.17. The number of hydrogen-bond donors (Lipinski definition) is 1. The van der Waals surface area contributed by atoms with Crippen LogP contribution in [0.1, 0.15) is 29.8 Å². The van der Waals surface area contributed by atoms with Crippen LogP contribution in [0, 0.1) is 5.82 Å². The highest BCUT2D eigenvalue weighted by atomic mass is 79.9. The molecule has 0 bridgehead atoms. The summed E-state index contributed by atoms with van der Waals surface area (Å²) in [6, 6.07) is 11.2. The summed E-state index contributed by atoms with van der Waals surface area (Å²) in [4.78, 5) is 12.0. The molecule has 4 nitrogen and oxygen atoms in total. The average molecular weight is 379 g/mol. The fourth-order valence-electron chi connectivity index (χ4n) is 1.80. The number of nitrogens with zero attached hydrogens (tertiary/aromatic N) is 1. The number of hydrazone groups is 1. The van der Waals surface area contributed by atoms with E-state index in [4.69, 9.17) is 4.74 Å². The van der Waals surface area contributed by atoms with E-state index < -0.39 is 5.82 Å². The maximum atomic E-state index is 13.5. The van der Waals surface area contributed by atoms with E-state index in [9.17, 15) is 9.18 Å². The van der Waals surface area contributed by atoms with E-state index in [0.717, 1.165) is 4.47 Å². The highest BCUT2D eigenvalue weighted by molar-refractivity contribution is 9.10. The van der Waals surface area contributed by atoms with E-state index >= 15 is 0 Å². The molecule has 0 aliphatic heterocycles. The summed E-state index contributed by atoms with van der Waals surface area (Å²) in [6.45, 7) is 3.85. The molecule has 0 unspecified atom stereocenters. The van der Waals surface area contributed by atoms with Crippen molar-refractivity contribution in [2.45, 2.75) is 20.0 Å². The lowest BCUT2D eigenvalue weighted by Crippen LogP contribution is -2.17. The van der Waals surface area contributed by atoms with Crippen molar-refractivity contribution in [2.24, 2.45) is 5.10 Å². The monoisotopic (exact) mass is 378 g/mol. The summed E-state index contributed by atoms with van der Waals surface area (Å²) >= 11 is 3.25. The maximum absolute atomic E-state index is 13.5. The first-order valence-corrected chi connectivity index (χ1v) is 7.80. The predicted octanol–water partition coefficient (Wildman–Crippen LogP) is 4.14. The lowest BCUT2D eigenvalue weighted by atomic mass is 10.2. The third-order valence-corrected chi connectivity index (χ3v) is 3.31. The van der Waals surface area contributed by atoms with Crippen LogP contribution in [0.15, 0.2) is 52.0 Å². The van der Waals surface area contributed by atoms with Crippen molar-refractivity contribution >= 4 is 28.1 Å². The van der Waals surface area contributed by atoms with Gasteiger partial charge < -0.3 is 4.74 Å².